The predicted molar refractivity (Wildman–Crippen MR) is 63.7 cm³/mol. The van der Waals surface area contributed by atoms with Crippen molar-refractivity contribution in [1.29, 1.82) is 0 Å². The summed E-state index contributed by atoms with van der Waals surface area (Å²) in [4.78, 5) is 22.5. The number of carboxylic acids is 1. The van der Waals surface area contributed by atoms with Crippen molar-refractivity contribution in [2.75, 3.05) is 6.54 Å². The molecule has 0 radical (unpaired) electrons. The maximum absolute atomic E-state index is 12.3. The number of alkyl halides is 1. The van der Waals surface area contributed by atoms with Crippen molar-refractivity contribution in [2.45, 2.75) is 43.4 Å². The van der Waals surface area contributed by atoms with Crippen molar-refractivity contribution in [3.05, 3.63) is 0 Å². The van der Waals surface area contributed by atoms with Gasteiger partial charge in [0, 0.05) is 4.87 Å². The first-order chi connectivity index (χ1) is 8.41. The largest absolute Gasteiger partial charge is 0.548 e. The van der Waals surface area contributed by atoms with E-state index in [4.69, 9.17) is 11.6 Å². The number of rotatable bonds is 3. The summed E-state index contributed by atoms with van der Waals surface area (Å²) in [6.07, 6.45) is 5.66. The highest BCUT2D eigenvalue weighted by molar-refractivity contribution is 6.24. The summed E-state index contributed by atoms with van der Waals surface area (Å²) in [5, 5.41) is 12.9. The van der Waals surface area contributed by atoms with E-state index in [9.17, 15) is 14.7 Å². The van der Waals surface area contributed by atoms with Gasteiger partial charge in [0.2, 0.25) is 5.91 Å². The average molecular weight is 271 g/mol. The van der Waals surface area contributed by atoms with Crippen LogP contribution in [0.3, 0.4) is 0 Å². The normalized spacial score (nSPS) is 44.9. The molecule has 4 rings (SSSR count). The average Bonchev–Trinajstić information content (AvgIpc) is 2.22. The van der Waals surface area contributed by atoms with Crippen LogP contribution in [0.1, 0.15) is 38.5 Å². The smallest absolute Gasteiger partial charge is 0.226 e. The monoisotopic (exact) mass is 270 g/mol. The van der Waals surface area contributed by atoms with Gasteiger partial charge in [-0.25, -0.2) is 0 Å². The Morgan fingerprint density at radius 3 is 2.33 bits per heavy atom. The fourth-order valence-corrected chi connectivity index (χ4v) is 5.45. The van der Waals surface area contributed by atoms with E-state index in [1.54, 1.807) is 0 Å². The lowest BCUT2D eigenvalue weighted by atomic mass is 9.49. The number of carbonyl (C=O) groups is 2. The van der Waals surface area contributed by atoms with Crippen LogP contribution in [0.4, 0.5) is 0 Å². The third-order valence-corrected chi connectivity index (χ3v) is 5.31. The summed E-state index contributed by atoms with van der Waals surface area (Å²) >= 11 is 6.62. The number of halogens is 1. The van der Waals surface area contributed by atoms with Gasteiger partial charge in [0.25, 0.3) is 0 Å². The third-order valence-electron chi connectivity index (χ3n) is 4.86. The Hall–Kier alpha value is -0.770. The second kappa shape index (κ2) is 3.86. The topological polar surface area (TPSA) is 69.2 Å². The van der Waals surface area contributed by atoms with Crippen molar-refractivity contribution < 1.29 is 14.7 Å². The summed E-state index contributed by atoms with van der Waals surface area (Å²) < 4.78 is 0. The number of carboxylic acid groups (broad SMARTS) is 1. The van der Waals surface area contributed by atoms with E-state index in [0.29, 0.717) is 18.3 Å². The molecule has 4 aliphatic rings. The van der Waals surface area contributed by atoms with Crippen LogP contribution in [0, 0.1) is 17.3 Å². The molecule has 0 unspecified atom stereocenters. The van der Waals surface area contributed by atoms with Crippen LogP contribution in [0.2, 0.25) is 0 Å². The molecule has 0 aromatic carbocycles. The van der Waals surface area contributed by atoms with Gasteiger partial charge in [-0.05, 0) is 50.4 Å². The molecule has 0 spiro atoms. The molecule has 0 saturated heterocycles. The molecular formula is C13H17ClNO3-. The molecule has 0 aromatic heterocycles. The van der Waals surface area contributed by atoms with Gasteiger partial charge in [-0.1, -0.05) is 0 Å². The summed E-state index contributed by atoms with van der Waals surface area (Å²) in [6, 6.07) is 0. The molecule has 2 atom stereocenters. The van der Waals surface area contributed by atoms with Crippen molar-refractivity contribution in [2.24, 2.45) is 17.3 Å². The molecule has 100 valence electrons. The van der Waals surface area contributed by atoms with Gasteiger partial charge in [0.1, 0.15) is 0 Å². The zero-order chi connectivity index (χ0) is 13.0. The Morgan fingerprint density at radius 2 is 1.83 bits per heavy atom. The van der Waals surface area contributed by atoms with Crippen LogP contribution >= 0.6 is 11.6 Å². The fourth-order valence-electron chi connectivity index (χ4n) is 4.76. The van der Waals surface area contributed by atoms with E-state index in [1.165, 1.54) is 6.42 Å². The van der Waals surface area contributed by atoms with Gasteiger partial charge in [0.05, 0.1) is 17.9 Å². The van der Waals surface area contributed by atoms with Gasteiger partial charge >= 0.3 is 0 Å². The number of aliphatic carboxylic acids is 1. The molecule has 0 aromatic rings. The van der Waals surface area contributed by atoms with Crippen LogP contribution in [0.25, 0.3) is 0 Å². The first-order valence-corrected chi connectivity index (χ1v) is 6.96. The summed E-state index contributed by atoms with van der Waals surface area (Å²) in [5.74, 6) is -0.297. The van der Waals surface area contributed by atoms with Gasteiger partial charge in [0.15, 0.2) is 0 Å². The van der Waals surface area contributed by atoms with Gasteiger partial charge in [-0.15, -0.1) is 11.6 Å². The van der Waals surface area contributed by atoms with Crippen molar-refractivity contribution in [3.8, 4) is 0 Å². The molecule has 0 aliphatic heterocycles. The highest BCUT2D eigenvalue weighted by atomic mass is 35.5. The Kier molecular flexibility index (Phi) is 2.63. The van der Waals surface area contributed by atoms with Crippen LogP contribution < -0.4 is 10.4 Å². The third kappa shape index (κ3) is 1.91. The molecule has 4 fully saturated rings. The summed E-state index contributed by atoms with van der Waals surface area (Å²) in [6.45, 7) is -0.398. The second-order valence-electron chi connectivity index (χ2n) is 6.45. The van der Waals surface area contributed by atoms with E-state index in [0.717, 1.165) is 25.7 Å². The van der Waals surface area contributed by atoms with E-state index < -0.39 is 17.9 Å². The van der Waals surface area contributed by atoms with E-state index in [2.05, 4.69) is 5.32 Å². The SMILES string of the molecule is O=C([O-])CNC(=O)C12C[C@@H]3C[C@H](CC(Cl)(C3)C1)C2. The predicted octanol–water partition coefficient (Wildman–Crippen LogP) is 0.430. The van der Waals surface area contributed by atoms with E-state index in [-0.39, 0.29) is 10.8 Å². The van der Waals surface area contributed by atoms with Gasteiger partial charge < -0.3 is 15.2 Å². The van der Waals surface area contributed by atoms with Gasteiger partial charge in [-0.2, -0.15) is 0 Å². The quantitative estimate of drug-likeness (QED) is 0.756. The number of hydrogen-bond donors (Lipinski definition) is 1. The van der Waals surface area contributed by atoms with Crippen molar-refractivity contribution >= 4 is 23.5 Å². The molecule has 18 heavy (non-hydrogen) atoms. The first-order valence-electron chi connectivity index (χ1n) is 6.58. The molecule has 1 amide bonds. The zero-order valence-corrected chi connectivity index (χ0v) is 11.0. The van der Waals surface area contributed by atoms with Crippen LogP contribution in [-0.4, -0.2) is 23.3 Å². The van der Waals surface area contributed by atoms with Crippen LogP contribution in [-0.2, 0) is 9.59 Å². The highest BCUT2D eigenvalue weighted by Gasteiger charge is 2.59. The van der Waals surface area contributed by atoms with E-state index in [1.807, 2.05) is 0 Å². The standard InChI is InChI=1S/C13H18ClNO3/c14-13-4-8-1-9(5-13)3-12(2-8,7-13)11(18)15-6-10(16)17/h8-9H,1-7H2,(H,15,18)(H,16,17)/p-1/t8-,9-,12?,13?/m0/s1. The summed E-state index contributed by atoms with van der Waals surface area (Å²) in [5.41, 5.74) is -0.415. The first kappa shape index (κ1) is 12.3. The highest BCUT2D eigenvalue weighted by Crippen LogP contribution is 2.63. The molecule has 4 saturated carbocycles. The minimum Gasteiger partial charge on any atom is -0.548 e. The zero-order valence-electron chi connectivity index (χ0n) is 10.2. The maximum Gasteiger partial charge on any atom is 0.226 e. The molecule has 0 heterocycles. The lowest BCUT2D eigenvalue weighted by molar-refractivity contribution is -0.304. The molecular weight excluding hydrogens is 254 g/mol. The maximum atomic E-state index is 12.3. The Balaban J connectivity index is 1.78. The molecule has 1 N–H and O–H groups in total. The minimum atomic E-state index is -1.24. The van der Waals surface area contributed by atoms with Crippen LogP contribution in [0.5, 0.6) is 0 Å². The number of carbonyl (C=O) groups excluding carboxylic acids is 2. The Labute approximate surface area is 111 Å². The fraction of sp³-hybridized carbons (Fsp3) is 0.846. The molecule has 4 bridgehead atoms. The van der Waals surface area contributed by atoms with E-state index >= 15 is 0 Å². The molecule has 4 aliphatic carbocycles. The number of hydrogen-bond acceptors (Lipinski definition) is 3. The summed E-state index contributed by atoms with van der Waals surface area (Å²) in [7, 11) is 0. The van der Waals surface area contributed by atoms with Gasteiger partial charge in [-0.3, -0.25) is 4.79 Å². The molecule has 4 nitrogen and oxygen atoms in total. The minimum absolute atomic E-state index is 0.133. The Morgan fingerprint density at radius 1 is 1.22 bits per heavy atom. The van der Waals surface area contributed by atoms with Crippen molar-refractivity contribution in [3.63, 3.8) is 0 Å². The lowest BCUT2D eigenvalue weighted by Crippen LogP contribution is -2.59. The Bertz CT molecular complexity index is 395. The molecule has 5 heteroatoms. The second-order valence-corrected chi connectivity index (χ2v) is 7.25. The number of nitrogens with one attached hydrogen (secondary N) is 1. The van der Waals surface area contributed by atoms with Crippen LogP contribution in [0.15, 0.2) is 0 Å². The lowest BCUT2D eigenvalue weighted by Gasteiger charge is -2.59. The van der Waals surface area contributed by atoms with Crippen molar-refractivity contribution in [1.82, 2.24) is 5.32 Å². The number of amides is 1.